The van der Waals surface area contributed by atoms with Crippen LogP contribution in [0.5, 0.6) is 0 Å². The third-order valence-electron chi connectivity index (χ3n) is 3.38. The minimum atomic E-state index is 0.0920. The van der Waals surface area contributed by atoms with Crippen molar-refractivity contribution in [1.29, 1.82) is 0 Å². The molecule has 0 aliphatic carbocycles. The first kappa shape index (κ1) is 14.6. The number of hydrogen-bond donors (Lipinski definition) is 2. The van der Waals surface area contributed by atoms with E-state index in [1.807, 2.05) is 25.3 Å². The lowest BCUT2D eigenvalue weighted by Crippen LogP contribution is -2.27. The van der Waals surface area contributed by atoms with Crippen LogP contribution in [0.4, 0.5) is 0 Å². The molecule has 1 heterocycles. The second-order valence-corrected chi connectivity index (χ2v) is 5.22. The largest absolute Gasteiger partial charge is 0.384 e. The first-order valence-electron chi connectivity index (χ1n) is 7.01. The van der Waals surface area contributed by atoms with Crippen molar-refractivity contribution in [2.75, 3.05) is 20.3 Å². The summed E-state index contributed by atoms with van der Waals surface area (Å²) >= 11 is 0. The van der Waals surface area contributed by atoms with Crippen LogP contribution in [0.1, 0.15) is 18.9 Å². The van der Waals surface area contributed by atoms with Gasteiger partial charge in [-0.05, 0) is 24.0 Å². The molecule has 0 fully saturated rings. The number of carbonyl (C=O) groups is 1. The molecule has 1 atom stereocenters. The summed E-state index contributed by atoms with van der Waals surface area (Å²) in [6.07, 6.45) is 3.38. The molecular formula is C16H22N2O2. The van der Waals surface area contributed by atoms with Crippen LogP contribution in [0, 0.1) is 5.92 Å². The van der Waals surface area contributed by atoms with Gasteiger partial charge in [0.25, 0.3) is 0 Å². The highest BCUT2D eigenvalue weighted by molar-refractivity contribution is 5.83. The highest BCUT2D eigenvalue weighted by atomic mass is 16.5. The van der Waals surface area contributed by atoms with E-state index in [9.17, 15) is 4.79 Å². The van der Waals surface area contributed by atoms with E-state index >= 15 is 0 Å². The Bertz CT molecular complexity index is 562. The molecule has 4 nitrogen and oxygen atoms in total. The van der Waals surface area contributed by atoms with Crippen LogP contribution in [0.3, 0.4) is 0 Å². The van der Waals surface area contributed by atoms with Gasteiger partial charge in [-0.2, -0.15) is 0 Å². The fourth-order valence-electron chi connectivity index (χ4n) is 2.41. The number of ether oxygens (including phenoxy) is 1. The molecule has 2 N–H and O–H groups in total. The number of fused-ring (bicyclic) bond motifs is 1. The number of nitrogens with one attached hydrogen (secondary N) is 2. The number of benzene rings is 1. The summed E-state index contributed by atoms with van der Waals surface area (Å²) in [6, 6.07) is 8.21. The number of amides is 1. The predicted octanol–water partition coefficient (Wildman–Crippen LogP) is 2.50. The standard InChI is InChI=1S/C16H22N2O2/c1-12(11-20-2)9-16(19)17-8-7-13-10-18-15-6-4-3-5-14(13)15/h3-6,10,12,18H,7-9,11H2,1-2H3,(H,17,19). The van der Waals surface area contributed by atoms with Gasteiger partial charge in [0.15, 0.2) is 0 Å². The maximum atomic E-state index is 11.7. The van der Waals surface area contributed by atoms with Crippen LogP contribution in [0.25, 0.3) is 10.9 Å². The molecule has 4 heteroatoms. The van der Waals surface area contributed by atoms with Gasteiger partial charge < -0.3 is 15.0 Å². The van der Waals surface area contributed by atoms with E-state index in [0.29, 0.717) is 19.6 Å². The minimum absolute atomic E-state index is 0.0920. The summed E-state index contributed by atoms with van der Waals surface area (Å²) in [5.74, 6) is 0.350. The van der Waals surface area contributed by atoms with E-state index < -0.39 is 0 Å². The second kappa shape index (κ2) is 7.10. The quantitative estimate of drug-likeness (QED) is 0.815. The maximum absolute atomic E-state index is 11.7. The van der Waals surface area contributed by atoms with Crippen molar-refractivity contribution >= 4 is 16.8 Å². The van der Waals surface area contributed by atoms with E-state index in [0.717, 1.165) is 11.9 Å². The van der Waals surface area contributed by atoms with E-state index in [-0.39, 0.29) is 11.8 Å². The molecule has 0 bridgehead atoms. The molecule has 2 rings (SSSR count). The number of carbonyl (C=O) groups excluding carboxylic acids is 1. The van der Waals surface area contributed by atoms with Crippen molar-refractivity contribution in [3.05, 3.63) is 36.0 Å². The Morgan fingerprint density at radius 1 is 1.40 bits per heavy atom. The van der Waals surface area contributed by atoms with Gasteiger partial charge in [0.2, 0.25) is 5.91 Å². The number of hydrogen-bond acceptors (Lipinski definition) is 2. The van der Waals surface area contributed by atoms with Crippen LogP contribution in [-0.4, -0.2) is 31.2 Å². The lowest BCUT2D eigenvalue weighted by Gasteiger charge is -2.10. The van der Waals surface area contributed by atoms with Crippen LogP contribution in [0.15, 0.2) is 30.5 Å². The van der Waals surface area contributed by atoms with Crippen molar-refractivity contribution in [3.63, 3.8) is 0 Å². The normalized spacial score (nSPS) is 12.5. The van der Waals surface area contributed by atoms with Crippen LogP contribution in [0.2, 0.25) is 0 Å². The number of rotatable bonds is 7. The van der Waals surface area contributed by atoms with E-state index in [4.69, 9.17) is 4.74 Å². The highest BCUT2D eigenvalue weighted by Gasteiger charge is 2.09. The number of para-hydroxylation sites is 1. The molecule has 2 aromatic rings. The second-order valence-electron chi connectivity index (χ2n) is 5.22. The number of H-pyrrole nitrogens is 1. The van der Waals surface area contributed by atoms with E-state index in [1.54, 1.807) is 7.11 Å². The van der Waals surface area contributed by atoms with Gasteiger partial charge in [0, 0.05) is 43.8 Å². The van der Waals surface area contributed by atoms with Gasteiger partial charge in [-0.15, -0.1) is 0 Å². The van der Waals surface area contributed by atoms with Gasteiger partial charge in [0.05, 0.1) is 0 Å². The average Bonchev–Trinajstić information content (AvgIpc) is 2.82. The topological polar surface area (TPSA) is 54.1 Å². The third-order valence-corrected chi connectivity index (χ3v) is 3.38. The number of methoxy groups -OCH3 is 1. The molecule has 1 unspecified atom stereocenters. The van der Waals surface area contributed by atoms with E-state index in [1.165, 1.54) is 10.9 Å². The Balaban J connectivity index is 1.80. The van der Waals surface area contributed by atoms with Crippen LogP contribution in [-0.2, 0) is 16.0 Å². The zero-order chi connectivity index (χ0) is 14.4. The Labute approximate surface area is 119 Å². The average molecular weight is 274 g/mol. The summed E-state index contributed by atoms with van der Waals surface area (Å²) in [7, 11) is 1.66. The Hall–Kier alpha value is -1.81. The summed E-state index contributed by atoms with van der Waals surface area (Å²) in [5, 5.41) is 4.20. The van der Waals surface area contributed by atoms with E-state index in [2.05, 4.69) is 22.4 Å². The lowest BCUT2D eigenvalue weighted by atomic mass is 10.1. The Morgan fingerprint density at radius 3 is 3.00 bits per heavy atom. The molecule has 0 radical (unpaired) electrons. The van der Waals surface area contributed by atoms with Gasteiger partial charge in [-0.1, -0.05) is 25.1 Å². The molecular weight excluding hydrogens is 252 g/mol. The number of aromatic amines is 1. The molecule has 0 aliphatic rings. The maximum Gasteiger partial charge on any atom is 0.220 e. The molecule has 1 amide bonds. The summed E-state index contributed by atoms with van der Waals surface area (Å²) in [5.41, 5.74) is 2.38. The Kier molecular flexibility index (Phi) is 5.18. The predicted molar refractivity (Wildman–Crippen MR) is 80.7 cm³/mol. The van der Waals surface area contributed by atoms with Crippen molar-refractivity contribution in [2.45, 2.75) is 19.8 Å². The molecule has 0 spiro atoms. The van der Waals surface area contributed by atoms with Gasteiger partial charge >= 0.3 is 0 Å². The summed E-state index contributed by atoms with van der Waals surface area (Å²) < 4.78 is 5.03. The molecule has 0 saturated carbocycles. The molecule has 0 saturated heterocycles. The highest BCUT2D eigenvalue weighted by Crippen LogP contribution is 2.17. The zero-order valence-corrected chi connectivity index (χ0v) is 12.1. The summed E-state index contributed by atoms with van der Waals surface area (Å²) in [4.78, 5) is 15.0. The summed E-state index contributed by atoms with van der Waals surface area (Å²) in [6.45, 7) is 3.30. The molecule has 1 aromatic carbocycles. The molecule has 0 aliphatic heterocycles. The first-order valence-corrected chi connectivity index (χ1v) is 7.01. The smallest absolute Gasteiger partial charge is 0.220 e. The van der Waals surface area contributed by atoms with Gasteiger partial charge in [0.1, 0.15) is 0 Å². The fourth-order valence-corrected chi connectivity index (χ4v) is 2.41. The zero-order valence-electron chi connectivity index (χ0n) is 12.1. The SMILES string of the molecule is COCC(C)CC(=O)NCCc1c[nH]c2ccccc12. The number of aromatic nitrogens is 1. The molecule has 20 heavy (non-hydrogen) atoms. The van der Waals surface area contributed by atoms with Crippen molar-refractivity contribution < 1.29 is 9.53 Å². The first-order chi connectivity index (χ1) is 9.70. The van der Waals surface area contributed by atoms with Crippen molar-refractivity contribution in [1.82, 2.24) is 10.3 Å². The van der Waals surface area contributed by atoms with Crippen LogP contribution >= 0.6 is 0 Å². The Morgan fingerprint density at radius 2 is 2.20 bits per heavy atom. The van der Waals surface area contributed by atoms with Crippen molar-refractivity contribution in [3.8, 4) is 0 Å². The monoisotopic (exact) mass is 274 g/mol. The minimum Gasteiger partial charge on any atom is -0.384 e. The molecule has 1 aromatic heterocycles. The van der Waals surface area contributed by atoms with Gasteiger partial charge in [-0.3, -0.25) is 4.79 Å². The van der Waals surface area contributed by atoms with Gasteiger partial charge in [-0.25, -0.2) is 0 Å². The fraction of sp³-hybridized carbons (Fsp3) is 0.438. The third kappa shape index (κ3) is 3.84. The van der Waals surface area contributed by atoms with Crippen LogP contribution < -0.4 is 5.32 Å². The lowest BCUT2D eigenvalue weighted by molar-refractivity contribution is -0.122. The van der Waals surface area contributed by atoms with Crippen molar-refractivity contribution in [2.24, 2.45) is 5.92 Å². The molecule has 108 valence electrons.